The van der Waals surface area contributed by atoms with Gasteiger partial charge in [0, 0.05) is 12.6 Å². The predicted molar refractivity (Wildman–Crippen MR) is 109 cm³/mol. The first-order valence-electron chi connectivity index (χ1n) is 9.12. The normalized spacial score (nSPS) is 12.1. The Hall–Kier alpha value is -3.34. The van der Waals surface area contributed by atoms with Crippen molar-refractivity contribution in [2.75, 3.05) is 12.4 Å². The number of hydrogen-bond acceptors (Lipinski definition) is 6. The van der Waals surface area contributed by atoms with Gasteiger partial charge in [0.15, 0.2) is 0 Å². The van der Waals surface area contributed by atoms with Crippen LogP contribution in [0.2, 0.25) is 0 Å². The van der Waals surface area contributed by atoms with Crippen LogP contribution in [-0.4, -0.2) is 45.7 Å². The van der Waals surface area contributed by atoms with Gasteiger partial charge in [0.25, 0.3) is 0 Å². The zero-order chi connectivity index (χ0) is 21.9. The summed E-state index contributed by atoms with van der Waals surface area (Å²) in [5.74, 6) is 3.02. The van der Waals surface area contributed by atoms with Gasteiger partial charge in [0.1, 0.15) is 28.9 Å². The highest BCUT2D eigenvalue weighted by Gasteiger charge is 2.27. The molecule has 0 aromatic carbocycles. The largest absolute Gasteiger partial charge is 0.444 e. The van der Waals surface area contributed by atoms with E-state index in [9.17, 15) is 9.59 Å². The molecule has 0 aliphatic carbocycles. The molecule has 0 aliphatic rings. The van der Waals surface area contributed by atoms with Crippen LogP contribution in [0.25, 0.3) is 11.1 Å². The summed E-state index contributed by atoms with van der Waals surface area (Å²) in [6.45, 7) is 10.5. The SMILES string of the molecule is C#Cc1nc(NC(=O)[C@H](C)N(C)C(=O)OC(C)(C)C)ccc1-c1c(C)noc1C. The van der Waals surface area contributed by atoms with Crippen molar-refractivity contribution in [2.45, 2.75) is 53.2 Å². The lowest BCUT2D eigenvalue weighted by Crippen LogP contribution is -2.45. The van der Waals surface area contributed by atoms with E-state index in [0.717, 1.165) is 5.56 Å². The fraction of sp³-hybridized carbons (Fsp3) is 0.429. The van der Waals surface area contributed by atoms with Gasteiger partial charge < -0.3 is 14.6 Å². The minimum absolute atomic E-state index is 0.280. The number of rotatable bonds is 4. The number of carbonyl (C=O) groups is 2. The number of likely N-dealkylation sites (N-methyl/N-ethyl adjacent to an activating group) is 1. The summed E-state index contributed by atoms with van der Waals surface area (Å²) in [7, 11) is 1.50. The van der Waals surface area contributed by atoms with Gasteiger partial charge in [0.05, 0.1) is 11.3 Å². The lowest BCUT2D eigenvalue weighted by Gasteiger charge is -2.28. The van der Waals surface area contributed by atoms with Crippen molar-refractivity contribution in [2.24, 2.45) is 0 Å². The maximum atomic E-state index is 12.6. The first kappa shape index (κ1) is 22.0. The third kappa shape index (κ3) is 5.13. The maximum Gasteiger partial charge on any atom is 0.410 e. The summed E-state index contributed by atoms with van der Waals surface area (Å²) in [5.41, 5.74) is 1.87. The molecule has 8 heteroatoms. The summed E-state index contributed by atoms with van der Waals surface area (Å²) in [5, 5.41) is 6.62. The summed E-state index contributed by atoms with van der Waals surface area (Å²) >= 11 is 0. The number of aromatic nitrogens is 2. The van der Waals surface area contributed by atoms with Gasteiger partial charge in [-0.15, -0.1) is 6.42 Å². The molecule has 2 amide bonds. The molecule has 8 nitrogen and oxygen atoms in total. The summed E-state index contributed by atoms with van der Waals surface area (Å²) in [4.78, 5) is 30.3. The number of ether oxygens (including phenoxy) is 1. The Kier molecular flexibility index (Phi) is 6.32. The predicted octanol–water partition coefficient (Wildman–Crippen LogP) is 3.53. The standard InChI is InChI=1S/C21H26N4O4/c1-9-16-15(18-12(2)24-29-14(18)4)10-11-17(22-16)23-19(26)13(3)25(8)20(27)28-21(5,6)7/h1,10-11,13H,2-8H3,(H,22,23,26)/t13-/m0/s1. The highest BCUT2D eigenvalue weighted by molar-refractivity contribution is 5.95. The van der Waals surface area contributed by atoms with Crippen molar-refractivity contribution in [3.8, 4) is 23.5 Å². The summed E-state index contributed by atoms with van der Waals surface area (Å²) < 4.78 is 10.5. The van der Waals surface area contributed by atoms with Crippen molar-refractivity contribution >= 4 is 17.8 Å². The number of terminal acetylenes is 1. The smallest absolute Gasteiger partial charge is 0.410 e. The Balaban J connectivity index is 2.19. The molecular formula is C21H26N4O4. The number of aryl methyl sites for hydroxylation is 2. The van der Waals surface area contributed by atoms with E-state index in [4.69, 9.17) is 15.7 Å². The lowest BCUT2D eigenvalue weighted by atomic mass is 10.0. The number of anilines is 1. The van der Waals surface area contributed by atoms with Gasteiger partial charge in [-0.3, -0.25) is 9.69 Å². The summed E-state index contributed by atoms with van der Waals surface area (Å²) in [6.07, 6.45) is 5.03. The van der Waals surface area contributed by atoms with Crippen molar-refractivity contribution in [1.29, 1.82) is 0 Å². The number of pyridine rings is 1. The third-order valence-corrected chi connectivity index (χ3v) is 4.23. The Morgan fingerprint density at radius 3 is 2.48 bits per heavy atom. The zero-order valence-corrected chi connectivity index (χ0v) is 17.8. The monoisotopic (exact) mass is 398 g/mol. The summed E-state index contributed by atoms with van der Waals surface area (Å²) in [6, 6.07) is 2.62. The van der Waals surface area contributed by atoms with Crippen LogP contribution in [0.4, 0.5) is 10.6 Å². The molecule has 1 N–H and O–H groups in total. The van der Waals surface area contributed by atoms with E-state index >= 15 is 0 Å². The number of nitrogens with one attached hydrogen (secondary N) is 1. The molecule has 0 fully saturated rings. The average Bonchev–Trinajstić information content (AvgIpc) is 2.97. The van der Waals surface area contributed by atoms with Crippen LogP contribution in [0.15, 0.2) is 16.7 Å². The molecule has 29 heavy (non-hydrogen) atoms. The van der Waals surface area contributed by atoms with Gasteiger partial charge in [-0.1, -0.05) is 5.16 Å². The molecule has 2 aromatic rings. The van der Waals surface area contributed by atoms with Crippen LogP contribution >= 0.6 is 0 Å². The third-order valence-electron chi connectivity index (χ3n) is 4.23. The Morgan fingerprint density at radius 2 is 1.97 bits per heavy atom. The van der Waals surface area contributed by atoms with Gasteiger partial charge in [-0.05, 0) is 59.6 Å². The minimum Gasteiger partial charge on any atom is -0.444 e. The van der Waals surface area contributed by atoms with Crippen LogP contribution in [0.1, 0.15) is 44.8 Å². The Bertz CT molecular complexity index is 947. The second kappa shape index (κ2) is 8.35. The van der Waals surface area contributed by atoms with Crippen LogP contribution in [0, 0.1) is 26.2 Å². The van der Waals surface area contributed by atoms with E-state index in [1.165, 1.54) is 11.9 Å². The number of nitrogens with zero attached hydrogens (tertiary/aromatic N) is 3. The molecule has 0 saturated heterocycles. The maximum absolute atomic E-state index is 12.6. The second-order valence-corrected chi connectivity index (χ2v) is 7.69. The molecule has 2 rings (SSSR count). The Morgan fingerprint density at radius 1 is 1.31 bits per heavy atom. The molecule has 0 saturated carbocycles. The van der Waals surface area contributed by atoms with Crippen molar-refractivity contribution < 1.29 is 18.8 Å². The Labute approximate surface area is 170 Å². The highest BCUT2D eigenvalue weighted by Crippen LogP contribution is 2.29. The van der Waals surface area contributed by atoms with E-state index in [1.54, 1.807) is 46.8 Å². The zero-order valence-electron chi connectivity index (χ0n) is 17.8. The quantitative estimate of drug-likeness (QED) is 0.791. The number of hydrogen-bond donors (Lipinski definition) is 1. The minimum atomic E-state index is -0.775. The van der Waals surface area contributed by atoms with E-state index in [-0.39, 0.29) is 5.82 Å². The fourth-order valence-corrected chi connectivity index (χ4v) is 2.61. The number of amides is 2. The second-order valence-electron chi connectivity index (χ2n) is 7.69. The fourth-order valence-electron chi connectivity index (χ4n) is 2.61. The molecule has 0 bridgehead atoms. The van der Waals surface area contributed by atoms with Crippen LogP contribution in [-0.2, 0) is 9.53 Å². The van der Waals surface area contributed by atoms with E-state index in [0.29, 0.717) is 22.7 Å². The van der Waals surface area contributed by atoms with E-state index in [2.05, 4.69) is 21.4 Å². The van der Waals surface area contributed by atoms with E-state index in [1.807, 2.05) is 6.92 Å². The topological polar surface area (TPSA) is 97.6 Å². The van der Waals surface area contributed by atoms with Crippen LogP contribution < -0.4 is 5.32 Å². The highest BCUT2D eigenvalue weighted by atomic mass is 16.6. The first-order chi connectivity index (χ1) is 13.4. The van der Waals surface area contributed by atoms with Crippen LogP contribution in [0.3, 0.4) is 0 Å². The lowest BCUT2D eigenvalue weighted by molar-refractivity contribution is -0.120. The number of carbonyl (C=O) groups excluding carboxylic acids is 2. The molecule has 0 radical (unpaired) electrons. The van der Waals surface area contributed by atoms with Gasteiger partial charge in [-0.25, -0.2) is 9.78 Å². The van der Waals surface area contributed by atoms with Crippen molar-refractivity contribution in [3.63, 3.8) is 0 Å². The molecule has 1 atom stereocenters. The van der Waals surface area contributed by atoms with E-state index < -0.39 is 23.6 Å². The van der Waals surface area contributed by atoms with Gasteiger partial charge >= 0.3 is 6.09 Å². The molecule has 154 valence electrons. The van der Waals surface area contributed by atoms with Gasteiger partial charge in [0.2, 0.25) is 5.91 Å². The van der Waals surface area contributed by atoms with Crippen molar-refractivity contribution in [3.05, 3.63) is 29.3 Å². The van der Waals surface area contributed by atoms with Crippen molar-refractivity contribution in [1.82, 2.24) is 15.0 Å². The van der Waals surface area contributed by atoms with Crippen LogP contribution in [0.5, 0.6) is 0 Å². The molecule has 0 unspecified atom stereocenters. The molecule has 0 spiro atoms. The molecule has 2 heterocycles. The molecule has 2 aromatic heterocycles. The average molecular weight is 398 g/mol. The molecular weight excluding hydrogens is 372 g/mol. The van der Waals surface area contributed by atoms with Gasteiger partial charge in [-0.2, -0.15) is 0 Å². The first-order valence-corrected chi connectivity index (χ1v) is 9.12. The molecule has 0 aliphatic heterocycles.